The molecule has 0 bridgehead atoms. The number of nitrogens with one attached hydrogen (secondary N) is 2. The number of anilines is 2. The van der Waals surface area contributed by atoms with Crippen LogP contribution in [0.4, 0.5) is 11.5 Å². The number of hydrogen-bond donors (Lipinski definition) is 3. The fraction of sp³-hybridized carbons (Fsp3) is 0.278. The number of aromatic nitrogens is 1. The van der Waals surface area contributed by atoms with Crippen molar-refractivity contribution in [3.63, 3.8) is 0 Å². The zero-order valence-electron chi connectivity index (χ0n) is 13.7. The highest BCUT2D eigenvalue weighted by Crippen LogP contribution is 2.18. The maximum absolute atomic E-state index is 12.0. The van der Waals surface area contributed by atoms with Crippen LogP contribution in [-0.2, 0) is 16.0 Å². The Kier molecular flexibility index (Phi) is 5.13. The van der Waals surface area contributed by atoms with Gasteiger partial charge in [0.25, 0.3) is 0 Å². The van der Waals surface area contributed by atoms with Crippen LogP contribution in [0.1, 0.15) is 12.0 Å². The first-order valence-corrected chi connectivity index (χ1v) is 8.16. The Hall–Kier alpha value is -3.09. The average Bonchev–Trinajstić information content (AvgIpc) is 2.62. The van der Waals surface area contributed by atoms with Crippen molar-refractivity contribution in [1.29, 1.82) is 0 Å². The van der Waals surface area contributed by atoms with Gasteiger partial charge in [0.1, 0.15) is 11.6 Å². The molecule has 1 aromatic carbocycles. The van der Waals surface area contributed by atoms with E-state index in [0.717, 1.165) is 5.56 Å². The summed E-state index contributed by atoms with van der Waals surface area (Å²) < 4.78 is 0. The molecule has 130 valence electrons. The van der Waals surface area contributed by atoms with Crippen LogP contribution in [0.3, 0.4) is 0 Å². The van der Waals surface area contributed by atoms with Gasteiger partial charge in [0.15, 0.2) is 0 Å². The number of phenols is 1. The Labute approximate surface area is 145 Å². The number of carbonyl (C=O) groups is 2. The predicted octanol–water partition coefficient (Wildman–Crippen LogP) is 1.29. The molecule has 0 saturated carbocycles. The zero-order valence-corrected chi connectivity index (χ0v) is 13.7. The molecule has 3 rings (SSSR count). The van der Waals surface area contributed by atoms with Crippen LogP contribution in [0, 0.1) is 0 Å². The second kappa shape index (κ2) is 7.65. The smallest absolute Gasteiger partial charge is 0.239 e. The van der Waals surface area contributed by atoms with Crippen molar-refractivity contribution in [3.8, 4) is 5.75 Å². The van der Waals surface area contributed by atoms with Gasteiger partial charge in [-0.1, -0.05) is 18.2 Å². The zero-order chi connectivity index (χ0) is 17.6. The number of carbonyl (C=O) groups excluding carboxylic acids is 2. The molecule has 0 atom stereocenters. The summed E-state index contributed by atoms with van der Waals surface area (Å²) in [6, 6.07) is 10.5. The number of aromatic hydroxyl groups is 1. The molecule has 2 aromatic rings. The van der Waals surface area contributed by atoms with E-state index in [1.165, 1.54) is 0 Å². The van der Waals surface area contributed by atoms with Crippen molar-refractivity contribution >= 4 is 23.3 Å². The number of amides is 2. The summed E-state index contributed by atoms with van der Waals surface area (Å²) in [5.41, 5.74) is 1.35. The molecule has 1 aliphatic heterocycles. The van der Waals surface area contributed by atoms with Crippen LogP contribution in [0.15, 0.2) is 42.6 Å². The standard InChI is InChI=1S/C18H20N4O3/c23-15-4-2-1-3-13(15)5-8-17(24)21-14-6-7-16(20-11-14)22-10-9-19-18(25)12-22/h1-4,6-7,11,23H,5,8-10,12H2,(H,19,25)(H,21,24). The number of nitrogens with zero attached hydrogens (tertiary/aromatic N) is 2. The fourth-order valence-electron chi connectivity index (χ4n) is 2.68. The predicted molar refractivity (Wildman–Crippen MR) is 94.5 cm³/mol. The number of para-hydroxylation sites is 1. The van der Waals surface area contributed by atoms with Crippen LogP contribution in [-0.4, -0.2) is 41.5 Å². The first-order valence-electron chi connectivity index (χ1n) is 8.16. The Morgan fingerprint density at radius 3 is 2.84 bits per heavy atom. The van der Waals surface area contributed by atoms with Gasteiger partial charge >= 0.3 is 0 Å². The molecule has 25 heavy (non-hydrogen) atoms. The lowest BCUT2D eigenvalue weighted by atomic mass is 10.1. The first-order chi connectivity index (χ1) is 12.1. The number of piperazine rings is 1. The molecule has 1 aromatic heterocycles. The number of rotatable bonds is 5. The molecule has 0 spiro atoms. The van der Waals surface area contributed by atoms with Crippen LogP contribution in [0.25, 0.3) is 0 Å². The van der Waals surface area contributed by atoms with E-state index in [-0.39, 0.29) is 24.0 Å². The molecule has 2 heterocycles. The van der Waals surface area contributed by atoms with Crippen LogP contribution < -0.4 is 15.5 Å². The molecule has 7 heteroatoms. The van der Waals surface area contributed by atoms with Gasteiger partial charge in [-0.15, -0.1) is 0 Å². The third kappa shape index (κ3) is 4.47. The SMILES string of the molecule is O=C1CN(c2ccc(NC(=O)CCc3ccccc3O)cn2)CCN1. The fourth-order valence-corrected chi connectivity index (χ4v) is 2.68. The highest BCUT2D eigenvalue weighted by atomic mass is 16.3. The second-order valence-corrected chi connectivity index (χ2v) is 5.85. The number of phenolic OH excluding ortho intramolecular Hbond substituents is 1. The minimum Gasteiger partial charge on any atom is -0.508 e. The maximum Gasteiger partial charge on any atom is 0.239 e. The van der Waals surface area contributed by atoms with E-state index in [9.17, 15) is 14.7 Å². The molecule has 0 unspecified atom stereocenters. The maximum atomic E-state index is 12.0. The third-order valence-electron chi connectivity index (χ3n) is 4.01. The Balaban J connectivity index is 1.53. The second-order valence-electron chi connectivity index (χ2n) is 5.85. The van der Waals surface area contributed by atoms with Crippen molar-refractivity contribution in [3.05, 3.63) is 48.2 Å². The third-order valence-corrected chi connectivity index (χ3v) is 4.01. The summed E-state index contributed by atoms with van der Waals surface area (Å²) in [6.45, 7) is 1.61. The minimum atomic E-state index is -0.143. The van der Waals surface area contributed by atoms with Crippen molar-refractivity contribution in [2.45, 2.75) is 12.8 Å². The number of aryl methyl sites for hydroxylation is 1. The van der Waals surface area contributed by atoms with E-state index in [4.69, 9.17) is 0 Å². The van der Waals surface area contributed by atoms with E-state index in [1.807, 2.05) is 11.0 Å². The van der Waals surface area contributed by atoms with Gasteiger partial charge in [-0.05, 0) is 30.2 Å². The molecule has 3 N–H and O–H groups in total. The van der Waals surface area contributed by atoms with Crippen molar-refractivity contribution in [1.82, 2.24) is 10.3 Å². The van der Waals surface area contributed by atoms with Crippen molar-refractivity contribution in [2.75, 3.05) is 29.9 Å². The van der Waals surface area contributed by atoms with Gasteiger partial charge in [-0.25, -0.2) is 4.98 Å². The largest absolute Gasteiger partial charge is 0.508 e. The van der Waals surface area contributed by atoms with Gasteiger partial charge in [-0.2, -0.15) is 0 Å². The summed E-state index contributed by atoms with van der Waals surface area (Å²) in [7, 11) is 0. The molecule has 0 radical (unpaired) electrons. The average molecular weight is 340 g/mol. The number of benzene rings is 1. The summed E-state index contributed by atoms with van der Waals surface area (Å²) in [4.78, 5) is 29.7. The molecule has 2 amide bonds. The first kappa shape index (κ1) is 16.8. The molecule has 7 nitrogen and oxygen atoms in total. The lowest BCUT2D eigenvalue weighted by Gasteiger charge is -2.27. The molecule has 1 aliphatic rings. The Morgan fingerprint density at radius 2 is 2.12 bits per heavy atom. The number of pyridine rings is 1. The van der Waals surface area contributed by atoms with Gasteiger partial charge in [0.2, 0.25) is 11.8 Å². The lowest BCUT2D eigenvalue weighted by Crippen LogP contribution is -2.48. The van der Waals surface area contributed by atoms with Gasteiger partial charge in [0, 0.05) is 19.5 Å². The number of hydrogen-bond acceptors (Lipinski definition) is 5. The van der Waals surface area contributed by atoms with E-state index >= 15 is 0 Å². The van der Waals surface area contributed by atoms with Gasteiger partial charge in [0.05, 0.1) is 18.4 Å². The summed E-state index contributed by atoms with van der Waals surface area (Å²) in [5, 5.41) is 15.3. The van der Waals surface area contributed by atoms with Crippen LogP contribution >= 0.6 is 0 Å². The highest BCUT2D eigenvalue weighted by molar-refractivity contribution is 5.90. The minimum absolute atomic E-state index is 0.0189. The highest BCUT2D eigenvalue weighted by Gasteiger charge is 2.17. The molecule has 0 aliphatic carbocycles. The quantitative estimate of drug-likeness (QED) is 0.762. The molecular formula is C18H20N4O3. The molecule has 1 fully saturated rings. The summed E-state index contributed by atoms with van der Waals surface area (Å²) >= 11 is 0. The van der Waals surface area contributed by atoms with Crippen molar-refractivity contribution in [2.24, 2.45) is 0 Å². The van der Waals surface area contributed by atoms with Crippen LogP contribution in [0.2, 0.25) is 0 Å². The monoisotopic (exact) mass is 340 g/mol. The van der Waals surface area contributed by atoms with E-state index in [0.29, 0.717) is 37.6 Å². The Bertz CT molecular complexity index is 761. The van der Waals surface area contributed by atoms with Gasteiger partial charge < -0.3 is 20.6 Å². The van der Waals surface area contributed by atoms with E-state index < -0.39 is 0 Å². The van der Waals surface area contributed by atoms with E-state index in [1.54, 1.807) is 36.5 Å². The summed E-state index contributed by atoms with van der Waals surface area (Å²) in [5.74, 6) is 0.749. The summed E-state index contributed by atoms with van der Waals surface area (Å²) in [6.07, 6.45) is 2.32. The Morgan fingerprint density at radius 1 is 1.28 bits per heavy atom. The van der Waals surface area contributed by atoms with E-state index in [2.05, 4.69) is 15.6 Å². The lowest BCUT2D eigenvalue weighted by molar-refractivity contribution is -0.120. The normalized spacial score (nSPS) is 14.1. The van der Waals surface area contributed by atoms with Crippen molar-refractivity contribution < 1.29 is 14.7 Å². The topological polar surface area (TPSA) is 94.6 Å². The van der Waals surface area contributed by atoms with Gasteiger partial charge in [-0.3, -0.25) is 9.59 Å². The van der Waals surface area contributed by atoms with Crippen LogP contribution in [0.5, 0.6) is 5.75 Å². The molecule has 1 saturated heterocycles. The molecular weight excluding hydrogens is 320 g/mol.